The highest BCUT2D eigenvalue weighted by Gasteiger charge is 1.97. The summed E-state index contributed by atoms with van der Waals surface area (Å²) in [6.07, 6.45) is 0. The van der Waals surface area contributed by atoms with Gasteiger partial charge >= 0.3 is 0 Å². The Morgan fingerprint density at radius 1 is 1.33 bits per heavy atom. The van der Waals surface area contributed by atoms with Gasteiger partial charge in [-0.3, -0.25) is 0 Å². The minimum Gasteiger partial charge on any atom is -0.380 e. The van der Waals surface area contributed by atoms with Crippen LogP contribution in [0, 0.1) is 0 Å². The van der Waals surface area contributed by atoms with E-state index < -0.39 is 0 Å². The number of benzene rings is 1. The van der Waals surface area contributed by atoms with Crippen LogP contribution >= 0.6 is 0 Å². The Labute approximate surface area is 73.3 Å². The lowest BCUT2D eigenvalue weighted by Crippen LogP contribution is -2.04. The summed E-state index contributed by atoms with van der Waals surface area (Å²) >= 11 is 0. The second kappa shape index (κ2) is 4.24. The number of hydrogen-bond acceptors (Lipinski definition) is 2. The Morgan fingerprint density at radius 2 is 1.92 bits per heavy atom. The molecule has 2 heteroatoms. The van der Waals surface area contributed by atoms with Crippen LogP contribution in [-0.2, 0) is 11.3 Å². The molecule has 0 saturated carbocycles. The zero-order chi connectivity index (χ0) is 8.97. The summed E-state index contributed by atoms with van der Waals surface area (Å²) in [6, 6.07) is 8.28. The molecule has 0 aliphatic heterocycles. The van der Waals surface area contributed by atoms with Crippen molar-refractivity contribution < 1.29 is 4.74 Å². The Bertz CT molecular complexity index is 228. The maximum Gasteiger partial charge on any atom is 0.0713 e. The number of ether oxygens (including phenoxy) is 1. The molecule has 0 aliphatic rings. The summed E-state index contributed by atoms with van der Waals surface area (Å²) in [5, 5.41) is 0. The first-order valence-corrected chi connectivity index (χ1v) is 4.07. The van der Waals surface area contributed by atoms with E-state index in [4.69, 9.17) is 10.5 Å². The summed E-state index contributed by atoms with van der Waals surface area (Å²) in [4.78, 5) is 0. The van der Waals surface area contributed by atoms with Crippen LogP contribution in [0.15, 0.2) is 24.3 Å². The highest BCUT2D eigenvalue weighted by molar-refractivity contribution is 5.23. The molecule has 0 aliphatic carbocycles. The fourth-order valence-electron chi connectivity index (χ4n) is 1.08. The lowest BCUT2D eigenvalue weighted by Gasteiger charge is -2.05. The van der Waals surface area contributed by atoms with Crippen LogP contribution in [0.2, 0.25) is 0 Å². The van der Waals surface area contributed by atoms with E-state index in [1.165, 1.54) is 5.56 Å². The molecule has 2 N–H and O–H groups in total. The van der Waals surface area contributed by atoms with Crippen LogP contribution in [0.3, 0.4) is 0 Å². The predicted molar refractivity (Wildman–Crippen MR) is 49.8 cm³/mol. The molecule has 1 atom stereocenters. The Morgan fingerprint density at radius 3 is 2.33 bits per heavy atom. The van der Waals surface area contributed by atoms with E-state index in [2.05, 4.69) is 0 Å². The van der Waals surface area contributed by atoms with Gasteiger partial charge in [0.15, 0.2) is 0 Å². The van der Waals surface area contributed by atoms with Crippen molar-refractivity contribution in [2.45, 2.75) is 19.6 Å². The van der Waals surface area contributed by atoms with Gasteiger partial charge in [-0.25, -0.2) is 0 Å². The van der Waals surface area contributed by atoms with Gasteiger partial charge in [0.05, 0.1) is 6.61 Å². The van der Waals surface area contributed by atoms with E-state index in [-0.39, 0.29) is 6.04 Å². The highest BCUT2D eigenvalue weighted by Crippen LogP contribution is 2.10. The summed E-state index contributed by atoms with van der Waals surface area (Å²) in [7, 11) is 1.69. The topological polar surface area (TPSA) is 35.2 Å². The predicted octanol–water partition coefficient (Wildman–Crippen LogP) is 1.85. The smallest absolute Gasteiger partial charge is 0.0713 e. The van der Waals surface area contributed by atoms with Gasteiger partial charge in [-0.1, -0.05) is 24.3 Å². The Hall–Kier alpha value is -0.860. The molecule has 1 aromatic rings. The van der Waals surface area contributed by atoms with E-state index in [0.717, 1.165) is 5.56 Å². The molecule has 0 radical (unpaired) electrons. The third-order valence-electron chi connectivity index (χ3n) is 1.82. The largest absolute Gasteiger partial charge is 0.380 e. The van der Waals surface area contributed by atoms with Crippen molar-refractivity contribution in [3.8, 4) is 0 Å². The van der Waals surface area contributed by atoms with Crippen molar-refractivity contribution in [3.63, 3.8) is 0 Å². The molecule has 1 aromatic carbocycles. The van der Waals surface area contributed by atoms with Crippen LogP contribution in [-0.4, -0.2) is 7.11 Å². The molecule has 12 heavy (non-hydrogen) atoms. The number of nitrogens with two attached hydrogens (primary N) is 1. The summed E-state index contributed by atoms with van der Waals surface area (Å²) in [6.45, 7) is 2.64. The molecule has 2 nitrogen and oxygen atoms in total. The fraction of sp³-hybridized carbons (Fsp3) is 0.400. The highest BCUT2D eigenvalue weighted by atomic mass is 16.5. The van der Waals surface area contributed by atoms with E-state index in [0.29, 0.717) is 6.61 Å². The molecule has 0 heterocycles. The van der Waals surface area contributed by atoms with Crippen molar-refractivity contribution in [2.24, 2.45) is 5.73 Å². The van der Waals surface area contributed by atoms with E-state index in [1.54, 1.807) is 7.11 Å². The molecule has 0 bridgehead atoms. The van der Waals surface area contributed by atoms with Gasteiger partial charge in [0.1, 0.15) is 0 Å². The maximum atomic E-state index is 5.71. The van der Waals surface area contributed by atoms with Gasteiger partial charge in [-0.15, -0.1) is 0 Å². The Kier molecular flexibility index (Phi) is 3.26. The van der Waals surface area contributed by atoms with Gasteiger partial charge < -0.3 is 10.5 Å². The molecule has 0 amide bonds. The van der Waals surface area contributed by atoms with Gasteiger partial charge in [0.25, 0.3) is 0 Å². The second-order valence-corrected chi connectivity index (χ2v) is 2.96. The third-order valence-corrected chi connectivity index (χ3v) is 1.82. The molecule has 66 valence electrons. The molecule has 0 unspecified atom stereocenters. The first kappa shape index (κ1) is 9.23. The number of methoxy groups -OCH3 is 1. The standard InChI is InChI=1S/C10H15NO/c1-8(11)10-5-3-9(4-6-10)7-12-2/h3-6,8H,7,11H2,1-2H3/t8-/m0/s1. The van der Waals surface area contributed by atoms with Crippen LogP contribution < -0.4 is 5.73 Å². The lowest BCUT2D eigenvalue weighted by atomic mass is 10.1. The molecule has 0 saturated heterocycles. The quantitative estimate of drug-likeness (QED) is 0.741. The average molecular weight is 165 g/mol. The molecule has 1 rings (SSSR count). The lowest BCUT2D eigenvalue weighted by molar-refractivity contribution is 0.185. The number of rotatable bonds is 3. The van der Waals surface area contributed by atoms with E-state index in [1.807, 2.05) is 31.2 Å². The minimum atomic E-state index is 0.113. The third kappa shape index (κ3) is 2.32. The molecular formula is C10H15NO. The number of hydrogen-bond donors (Lipinski definition) is 1. The van der Waals surface area contributed by atoms with E-state index in [9.17, 15) is 0 Å². The van der Waals surface area contributed by atoms with Crippen molar-refractivity contribution in [3.05, 3.63) is 35.4 Å². The first-order valence-electron chi connectivity index (χ1n) is 4.07. The zero-order valence-corrected chi connectivity index (χ0v) is 7.58. The van der Waals surface area contributed by atoms with Gasteiger partial charge in [0.2, 0.25) is 0 Å². The van der Waals surface area contributed by atoms with Crippen molar-refractivity contribution >= 4 is 0 Å². The molecule has 0 spiro atoms. The fourth-order valence-corrected chi connectivity index (χ4v) is 1.08. The second-order valence-electron chi connectivity index (χ2n) is 2.96. The minimum absolute atomic E-state index is 0.113. The summed E-state index contributed by atoms with van der Waals surface area (Å²) in [5.74, 6) is 0. The first-order chi connectivity index (χ1) is 5.74. The van der Waals surface area contributed by atoms with Crippen molar-refractivity contribution in [1.29, 1.82) is 0 Å². The van der Waals surface area contributed by atoms with Gasteiger partial charge in [0, 0.05) is 13.2 Å². The maximum absolute atomic E-state index is 5.71. The SMILES string of the molecule is COCc1ccc([C@H](C)N)cc1. The van der Waals surface area contributed by atoms with Gasteiger partial charge in [-0.2, -0.15) is 0 Å². The van der Waals surface area contributed by atoms with Crippen LogP contribution in [0.1, 0.15) is 24.1 Å². The van der Waals surface area contributed by atoms with E-state index >= 15 is 0 Å². The zero-order valence-electron chi connectivity index (χ0n) is 7.58. The summed E-state index contributed by atoms with van der Waals surface area (Å²) < 4.78 is 5.00. The van der Waals surface area contributed by atoms with Crippen LogP contribution in [0.5, 0.6) is 0 Å². The molecule has 0 aromatic heterocycles. The molecular weight excluding hydrogens is 150 g/mol. The monoisotopic (exact) mass is 165 g/mol. The average Bonchev–Trinajstić information content (AvgIpc) is 2.06. The van der Waals surface area contributed by atoms with Gasteiger partial charge in [-0.05, 0) is 18.1 Å². The molecule has 0 fully saturated rings. The van der Waals surface area contributed by atoms with Crippen LogP contribution in [0.4, 0.5) is 0 Å². The van der Waals surface area contributed by atoms with Crippen molar-refractivity contribution in [2.75, 3.05) is 7.11 Å². The van der Waals surface area contributed by atoms with Crippen LogP contribution in [0.25, 0.3) is 0 Å². The van der Waals surface area contributed by atoms with Crippen molar-refractivity contribution in [1.82, 2.24) is 0 Å². The normalized spacial score (nSPS) is 12.9. The Balaban J connectivity index is 2.71. The summed E-state index contributed by atoms with van der Waals surface area (Å²) in [5.41, 5.74) is 8.05.